The van der Waals surface area contributed by atoms with Crippen molar-refractivity contribution in [3.8, 4) is 28.1 Å². The number of carboxylic acid groups (broad SMARTS) is 1. The van der Waals surface area contributed by atoms with Crippen LogP contribution in [0.25, 0.3) is 22.4 Å². The molecule has 2 aromatic heterocycles. The molecule has 31 heavy (non-hydrogen) atoms. The molecule has 0 aliphatic carbocycles. The Bertz CT molecular complexity index is 1290. The molecular weight excluding hydrogens is 394 g/mol. The molecule has 160 valence electrons. The van der Waals surface area contributed by atoms with Crippen molar-refractivity contribution >= 4 is 5.97 Å². The molecule has 1 aromatic carbocycles. The van der Waals surface area contributed by atoms with E-state index >= 15 is 0 Å². The first-order valence-corrected chi connectivity index (χ1v) is 10.5. The summed E-state index contributed by atoms with van der Waals surface area (Å²) < 4.78 is 9.80. The van der Waals surface area contributed by atoms with Gasteiger partial charge in [-0.2, -0.15) is 5.10 Å². The van der Waals surface area contributed by atoms with Gasteiger partial charge < -0.3 is 14.4 Å². The number of nitrogens with zero attached hydrogens (tertiary/aromatic N) is 3. The highest BCUT2D eigenvalue weighted by molar-refractivity contribution is 5.88. The highest BCUT2D eigenvalue weighted by atomic mass is 16.5. The van der Waals surface area contributed by atoms with Gasteiger partial charge in [0.2, 0.25) is 0 Å². The summed E-state index contributed by atoms with van der Waals surface area (Å²) in [5, 5.41) is 13.8. The zero-order chi connectivity index (χ0) is 22.1. The van der Waals surface area contributed by atoms with Crippen molar-refractivity contribution in [1.29, 1.82) is 0 Å². The summed E-state index contributed by atoms with van der Waals surface area (Å²) in [7, 11) is 1.87. The number of aromatic nitrogens is 3. The van der Waals surface area contributed by atoms with Crippen molar-refractivity contribution in [1.82, 2.24) is 14.3 Å². The second-order valence-corrected chi connectivity index (χ2v) is 9.49. The Balaban J connectivity index is 1.83. The van der Waals surface area contributed by atoms with E-state index in [2.05, 4.69) is 31.9 Å². The van der Waals surface area contributed by atoms with E-state index in [1.54, 1.807) is 4.68 Å². The highest BCUT2D eigenvalue weighted by Crippen LogP contribution is 2.49. The topological polar surface area (TPSA) is 86.4 Å². The Labute approximate surface area is 179 Å². The molecule has 0 fully saturated rings. The fourth-order valence-corrected chi connectivity index (χ4v) is 4.88. The number of benzene rings is 1. The van der Waals surface area contributed by atoms with Gasteiger partial charge in [-0.25, -0.2) is 4.79 Å². The van der Waals surface area contributed by atoms with Gasteiger partial charge in [0.15, 0.2) is 5.43 Å². The third kappa shape index (κ3) is 2.99. The molecule has 0 saturated carbocycles. The maximum atomic E-state index is 12.7. The molecular formula is C24H25N3O4. The predicted molar refractivity (Wildman–Crippen MR) is 117 cm³/mol. The van der Waals surface area contributed by atoms with Crippen LogP contribution >= 0.6 is 0 Å². The molecule has 0 radical (unpaired) electrons. The Morgan fingerprint density at radius 1 is 1.19 bits per heavy atom. The average Bonchev–Trinajstić information content (AvgIpc) is 3.34. The van der Waals surface area contributed by atoms with Crippen molar-refractivity contribution < 1.29 is 14.6 Å². The van der Waals surface area contributed by atoms with Crippen LogP contribution < -0.4 is 10.2 Å². The molecule has 4 heterocycles. The monoisotopic (exact) mass is 419 g/mol. The van der Waals surface area contributed by atoms with Gasteiger partial charge in [0, 0.05) is 60.2 Å². The lowest BCUT2D eigenvalue weighted by Crippen LogP contribution is -2.33. The van der Waals surface area contributed by atoms with E-state index in [0.717, 1.165) is 41.0 Å². The van der Waals surface area contributed by atoms with Crippen molar-refractivity contribution in [2.24, 2.45) is 12.5 Å². The van der Waals surface area contributed by atoms with E-state index in [-0.39, 0.29) is 17.0 Å². The first-order valence-electron chi connectivity index (χ1n) is 10.5. The van der Waals surface area contributed by atoms with Crippen LogP contribution in [0.2, 0.25) is 0 Å². The van der Waals surface area contributed by atoms with E-state index < -0.39 is 11.4 Å². The lowest BCUT2D eigenvalue weighted by Gasteiger charge is -2.39. The Morgan fingerprint density at radius 3 is 2.61 bits per heavy atom. The largest absolute Gasteiger partial charge is 0.492 e. The molecule has 0 amide bonds. The van der Waals surface area contributed by atoms with Crippen molar-refractivity contribution in [2.75, 3.05) is 6.61 Å². The van der Waals surface area contributed by atoms with Crippen LogP contribution in [0.4, 0.5) is 0 Å². The maximum Gasteiger partial charge on any atom is 0.341 e. The van der Waals surface area contributed by atoms with E-state index in [4.69, 9.17) is 4.74 Å². The van der Waals surface area contributed by atoms with Crippen LogP contribution in [0.5, 0.6) is 5.75 Å². The highest BCUT2D eigenvalue weighted by Gasteiger charge is 2.37. The van der Waals surface area contributed by atoms with Gasteiger partial charge in [0.05, 0.1) is 18.5 Å². The van der Waals surface area contributed by atoms with Gasteiger partial charge in [-0.1, -0.05) is 20.8 Å². The van der Waals surface area contributed by atoms with Crippen LogP contribution in [-0.4, -0.2) is 32.0 Å². The summed E-state index contributed by atoms with van der Waals surface area (Å²) in [5.41, 5.74) is 5.22. The zero-order valence-electron chi connectivity index (χ0n) is 18.1. The van der Waals surface area contributed by atoms with Gasteiger partial charge in [-0.3, -0.25) is 9.48 Å². The van der Waals surface area contributed by atoms with Crippen molar-refractivity contribution in [3.05, 3.63) is 57.6 Å². The van der Waals surface area contributed by atoms with Crippen LogP contribution in [-0.2, 0) is 19.9 Å². The number of fused-ring (bicyclic) bond motifs is 5. The van der Waals surface area contributed by atoms with Gasteiger partial charge in [0.25, 0.3) is 0 Å². The zero-order valence-corrected chi connectivity index (χ0v) is 18.1. The number of ether oxygens (including phenoxy) is 1. The number of pyridine rings is 1. The number of carboxylic acids is 1. The molecule has 1 atom stereocenters. The summed E-state index contributed by atoms with van der Waals surface area (Å²) in [6.45, 7) is 7.06. The lowest BCUT2D eigenvalue weighted by molar-refractivity contribution is 0.0693. The van der Waals surface area contributed by atoms with Crippen LogP contribution in [0.3, 0.4) is 0 Å². The number of hydrogen-bond acceptors (Lipinski definition) is 4. The fourth-order valence-electron chi connectivity index (χ4n) is 4.88. The molecule has 7 nitrogen and oxygen atoms in total. The van der Waals surface area contributed by atoms with Crippen molar-refractivity contribution in [3.63, 3.8) is 0 Å². The van der Waals surface area contributed by atoms with Crippen LogP contribution in [0, 0.1) is 5.41 Å². The Kier molecular flexibility index (Phi) is 4.16. The molecule has 7 heteroatoms. The van der Waals surface area contributed by atoms with Crippen LogP contribution in [0.1, 0.15) is 48.3 Å². The maximum absolute atomic E-state index is 12.7. The SMILES string of the molecule is Cn1cc(-c2cc3c(c4c2OCC4)C[C@@H](C(C)(C)C)n2cc(C(=O)O)c(=O)cc2-3)cn1. The third-order valence-corrected chi connectivity index (χ3v) is 6.43. The van der Waals surface area contributed by atoms with E-state index in [9.17, 15) is 14.7 Å². The summed E-state index contributed by atoms with van der Waals surface area (Å²) in [5.74, 6) is -0.297. The second kappa shape index (κ2) is 6.57. The minimum absolute atomic E-state index is 0.0163. The number of rotatable bonds is 2. The molecule has 0 unspecified atom stereocenters. The number of hydrogen-bond donors (Lipinski definition) is 1. The molecule has 1 N–H and O–H groups in total. The number of aryl methyl sites for hydroxylation is 1. The van der Waals surface area contributed by atoms with E-state index in [1.807, 2.05) is 24.0 Å². The molecule has 2 aliphatic rings. The Hall–Kier alpha value is -3.35. The average molecular weight is 419 g/mol. The molecule has 0 spiro atoms. The van der Waals surface area contributed by atoms with Crippen molar-refractivity contribution in [2.45, 2.75) is 39.7 Å². The first kappa shape index (κ1) is 19.6. The normalized spacial score (nSPS) is 17.0. The standard InChI is InChI=1S/C24H25N3O4/c1-24(2,3)21-8-16-14-5-6-31-22(14)15(13-10-25-26(4)11-13)7-17(16)19-9-20(28)18(23(29)30)12-27(19)21/h7,9-12,21H,5-6,8H2,1-4H3,(H,29,30)/t21-/m0/s1. The van der Waals surface area contributed by atoms with E-state index in [0.29, 0.717) is 6.61 Å². The molecule has 3 aromatic rings. The number of carbonyl (C=O) groups is 1. The third-order valence-electron chi connectivity index (χ3n) is 6.43. The lowest BCUT2D eigenvalue weighted by atomic mass is 9.76. The van der Waals surface area contributed by atoms with Crippen LogP contribution in [0.15, 0.2) is 35.5 Å². The Morgan fingerprint density at radius 2 is 1.97 bits per heavy atom. The summed E-state index contributed by atoms with van der Waals surface area (Å²) in [4.78, 5) is 24.3. The summed E-state index contributed by atoms with van der Waals surface area (Å²) in [6.07, 6.45) is 6.86. The quantitative estimate of drug-likeness (QED) is 0.685. The predicted octanol–water partition coefficient (Wildman–Crippen LogP) is 3.69. The van der Waals surface area contributed by atoms with Gasteiger partial charge in [-0.15, -0.1) is 0 Å². The molecule has 0 saturated heterocycles. The van der Waals surface area contributed by atoms with Gasteiger partial charge >= 0.3 is 5.97 Å². The summed E-state index contributed by atoms with van der Waals surface area (Å²) in [6, 6.07) is 3.57. The second-order valence-electron chi connectivity index (χ2n) is 9.49. The first-order chi connectivity index (χ1) is 14.6. The fraction of sp³-hybridized carbons (Fsp3) is 0.375. The van der Waals surface area contributed by atoms with Gasteiger partial charge in [-0.05, 0) is 23.5 Å². The van der Waals surface area contributed by atoms with Gasteiger partial charge in [0.1, 0.15) is 11.3 Å². The minimum Gasteiger partial charge on any atom is -0.492 e. The summed E-state index contributed by atoms with van der Waals surface area (Å²) >= 11 is 0. The minimum atomic E-state index is -1.20. The smallest absolute Gasteiger partial charge is 0.341 e. The number of aromatic carboxylic acids is 1. The molecule has 0 bridgehead atoms. The molecule has 5 rings (SSSR count). The van der Waals surface area contributed by atoms with E-state index in [1.165, 1.54) is 23.4 Å². The molecule has 2 aliphatic heterocycles.